The van der Waals surface area contributed by atoms with E-state index in [9.17, 15) is 4.79 Å². The topological polar surface area (TPSA) is 88.5 Å². The van der Waals surface area contributed by atoms with Crippen molar-refractivity contribution >= 4 is 11.9 Å². The van der Waals surface area contributed by atoms with Gasteiger partial charge in [-0.2, -0.15) is 10.1 Å². The first-order chi connectivity index (χ1) is 7.24. The van der Waals surface area contributed by atoms with Crippen molar-refractivity contribution in [3.63, 3.8) is 0 Å². The maximum absolute atomic E-state index is 11.4. The van der Waals surface area contributed by atoms with Crippen molar-refractivity contribution in [1.29, 1.82) is 0 Å². The molecule has 0 fully saturated rings. The number of hydrogen-bond donors (Lipinski definition) is 2. The lowest BCUT2D eigenvalue weighted by Crippen LogP contribution is -2.19. The molecule has 0 bridgehead atoms. The van der Waals surface area contributed by atoms with Crippen LogP contribution in [0.3, 0.4) is 0 Å². The number of anilines is 1. The minimum Gasteiger partial charge on any atom is -0.292 e. The number of rotatable bonds is 3. The first-order valence-electron chi connectivity index (χ1n) is 4.40. The Balaban J connectivity index is 1.93. The van der Waals surface area contributed by atoms with Crippen LogP contribution in [0.4, 0.5) is 5.95 Å². The monoisotopic (exact) mass is 206 g/mol. The highest BCUT2D eigenvalue weighted by molar-refractivity contribution is 5.88. The van der Waals surface area contributed by atoms with Gasteiger partial charge >= 0.3 is 0 Å². The Bertz CT molecular complexity index is 445. The van der Waals surface area contributed by atoms with Crippen LogP contribution in [0.25, 0.3) is 0 Å². The van der Waals surface area contributed by atoms with Crippen LogP contribution in [0.5, 0.6) is 0 Å². The summed E-state index contributed by atoms with van der Waals surface area (Å²) in [5.74, 6) is 0.728. The molecule has 0 aliphatic carbocycles. The van der Waals surface area contributed by atoms with Crippen molar-refractivity contribution in [3.05, 3.63) is 24.3 Å². The molecule has 2 heterocycles. The fourth-order valence-electron chi connectivity index (χ4n) is 1.10. The molecule has 2 aromatic heterocycles. The average molecular weight is 206 g/mol. The van der Waals surface area contributed by atoms with Crippen LogP contribution < -0.4 is 5.32 Å². The zero-order valence-corrected chi connectivity index (χ0v) is 8.14. The predicted octanol–water partition coefficient (Wildman–Crippen LogP) is -0.0517. The number of aromatic amines is 1. The Hall–Kier alpha value is -2.18. The van der Waals surface area contributed by atoms with Crippen molar-refractivity contribution in [2.45, 2.75) is 13.5 Å². The molecule has 2 rings (SSSR count). The molecule has 0 aromatic carbocycles. The minimum absolute atomic E-state index is 0.153. The zero-order valence-electron chi connectivity index (χ0n) is 8.14. The summed E-state index contributed by atoms with van der Waals surface area (Å²) in [4.78, 5) is 15.4. The molecule has 0 aliphatic rings. The summed E-state index contributed by atoms with van der Waals surface area (Å²) < 4.78 is 1.52. The van der Waals surface area contributed by atoms with Crippen molar-refractivity contribution in [1.82, 2.24) is 25.0 Å². The molecule has 2 N–H and O–H groups in total. The molecule has 0 atom stereocenters. The van der Waals surface area contributed by atoms with E-state index in [1.807, 2.05) is 0 Å². The van der Waals surface area contributed by atoms with Crippen LogP contribution >= 0.6 is 0 Å². The third-order valence-electron chi connectivity index (χ3n) is 1.71. The number of amides is 1. The van der Waals surface area contributed by atoms with Crippen molar-refractivity contribution in [3.8, 4) is 0 Å². The van der Waals surface area contributed by atoms with Gasteiger partial charge in [-0.05, 0) is 13.0 Å². The number of H-pyrrole nitrogens is 1. The number of aryl methyl sites for hydroxylation is 1. The third-order valence-corrected chi connectivity index (χ3v) is 1.71. The van der Waals surface area contributed by atoms with Crippen LogP contribution in [0.2, 0.25) is 0 Å². The molecule has 0 radical (unpaired) electrons. The third kappa shape index (κ3) is 2.39. The quantitative estimate of drug-likeness (QED) is 0.736. The van der Waals surface area contributed by atoms with Gasteiger partial charge in [0.05, 0.1) is 0 Å². The Morgan fingerprint density at radius 3 is 3.13 bits per heavy atom. The molecule has 7 nitrogen and oxygen atoms in total. The molecule has 78 valence electrons. The molecule has 0 unspecified atom stereocenters. The Morgan fingerprint density at radius 1 is 1.67 bits per heavy atom. The summed E-state index contributed by atoms with van der Waals surface area (Å²) in [5.41, 5.74) is 0. The molecule has 2 aromatic rings. The maximum Gasteiger partial charge on any atom is 0.248 e. The summed E-state index contributed by atoms with van der Waals surface area (Å²) in [5, 5.41) is 12.9. The summed E-state index contributed by atoms with van der Waals surface area (Å²) in [6, 6.07) is 1.75. The Kier molecular flexibility index (Phi) is 2.44. The average Bonchev–Trinajstić information content (AvgIpc) is 2.77. The lowest BCUT2D eigenvalue weighted by Gasteiger charge is -2.00. The normalized spacial score (nSPS) is 10.2. The lowest BCUT2D eigenvalue weighted by atomic mass is 10.6. The zero-order chi connectivity index (χ0) is 10.7. The van der Waals surface area contributed by atoms with Crippen LogP contribution in [-0.4, -0.2) is 30.9 Å². The van der Waals surface area contributed by atoms with Gasteiger partial charge in [0.25, 0.3) is 0 Å². The summed E-state index contributed by atoms with van der Waals surface area (Å²) in [6.45, 7) is 1.91. The highest BCUT2D eigenvalue weighted by atomic mass is 16.2. The largest absolute Gasteiger partial charge is 0.292 e. The number of aromatic nitrogens is 5. The fraction of sp³-hybridized carbons (Fsp3) is 0.250. The molecular formula is C8H10N6O. The van der Waals surface area contributed by atoms with E-state index in [2.05, 4.69) is 25.6 Å². The van der Waals surface area contributed by atoms with Crippen molar-refractivity contribution in [2.75, 3.05) is 5.32 Å². The van der Waals surface area contributed by atoms with Crippen LogP contribution in [0, 0.1) is 6.92 Å². The lowest BCUT2D eigenvalue weighted by molar-refractivity contribution is -0.116. The highest BCUT2D eigenvalue weighted by Gasteiger charge is 2.06. The van der Waals surface area contributed by atoms with Gasteiger partial charge < -0.3 is 0 Å². The van der Waals surface area contributed by atoms with Gasteiger partial charge in [-0.15, -0.1) is 5.10 Å². The summed E-state index contributed by atoms with van der Waals surface area (Å²) in [6.07, 6.45) is 3.33. The SMILES string of the molecule is Cc1nc(NC(=O)Cn2cccn2)n[nH]1. The predicted molar refractivity (Wildman–Crippen MR) is 52.0 cm³/mol. The van der Waals surface area contributed by atoms with Gasteiger partial charge in [0, 0.05) is 12.4 Å². The smallest absolute Gasteiger partial charge is 0.248 e. The number of carbonyl (C=O) groups is 1. The maximum atomic E-state index is 11.4. The van der Waals surface area contributed by atoms with E-state index in [1.54, 1.807) is 25.4 Å². The van der Waals surface area contributed by atoms with Crippen LogP contribution in [-0.2, 0) is 11.3 Å². The van der Waals surface area contributed by atoms with E-state index in [4.69, 9.17) is 0 Å². The molecule has 1 amide bonds. The summed E-state index contributed by atoms with van der Waals surface area (Å²) >= 11 is 0. The number of hydrogen-bond acceptors (Lipinski definition) is 4. The van der Waals surface area contributed by atoms with E-state index >= 15 is 0 Å². The van der Waals surface area contributed by atoms with Gasteiger partial charge in [0.1, 0.15) is 12.4 Å². The van der Waals surface area contributed by atoms with Gasteiger partial charge in [0.2, 0.25) is 11.9 Å². The minimum atomic E-state index is -0.210. The van der Waals surface area contributed by atoms with Gasteiger partial charge in [-0.1, -0.05) is 0 Å². The first-order valence-corrected chi connectivity index (χ1v) is 4.40. The molecule has 15 heavy (non-hydrogen) atoms. The van der Waals surface area contributed by atoms with Crippen molar-refractivity contribution < 1.29 is 4.79 Å². The Morgan fingerprint density at radius 2 is 2.53 bits per heavy atom. The second-order valence-corrected chi connectivity index (χ2v) is 3.00. The van der Waals surface area contributed by atoms with E-state index in [0.717, 1.165) is 0 Å². The molecule has 0 spiro atoms. The Labute approximate surface area is 85.5 Å². The molecule has 7 heteroatoms. The second-order valence-electron chi connectivity index (χ2n) is 3.00. The number of nitrogens with zero attached hydrogens (tertiary/aromatic N) is 4. The first kappa shape index (κ1) is 9.38. The summed E-state index contributed by atoms with van der Waals surface area (Å²) in [7, 11) is 0. The van der Waals surface area contributed by atoms with Crippen LogP contribution in [0.1, 0.15) is 5.82 Å². The van der Waals surface area contributed by atoms with Gasteiger partial charge in [0.15, 0.2) is 0 Å². The van der Waals surface area contributed by atoms with E-state index in [0.29, 0.717) is 5.82 Å². The highest BCUT2D eigenvalue weighted by Crippen LogP contribution is 1.97. The standard InChI is InChI=1S/C8H10N6O/c1-6-10-8(13-12-6)11-7(15)5-14-4-2-3-9-14/h2-4H,5H2,1H3,(H2,10,11,12,13,15). The molecule has 0 saturated carbocycles. The van der Waals surface area contributed by atoms with E-state index in [1.165, 1.54) is 4.68 Å². The molecule has 0 saturated heterocycles. The van der Waals surface area contributed by atoms with Gasteiger partial charge in [-0.25, -0.2) is 0 Å². The number of carbonyl (C=O) groups excluding carboxylic acids is 1. The van der Waals surface area contributed by atoms with E-state index in [-0.39, 0.29) is 18.4 Å². The molecular weight excluding hydrogens is 196 g/mol. The van der Waals surface area contributed by atoms with E-state index < -0.39 is 0 Å². The fourth-order valence-corrected chi connectivity index (χ4v) is 1.10. The number of nitrogens with one attached hydrogen (secondary N) is 2. The van der Waals surface area contributed by atoms with Crippen LogP contribution in [0.15, 0.2) is 18.5 Å². The van der Waals surface area contributed by atoms with Crippen molar-refractivity contribution in [2.24, 2.45) is 0 Å². The second kappa shape index (κ2) is 3.91. The van der Waals surface area contributed by atoms with Gasteiger partial charge in [-0.3, -0.25) is 19.9 Å². The molecule has 0 aliphatic heterocycles.